The van der Waals surface area contributed by atoms with Gasteiger partial charge in [0.15, 0.2) is 5.65 Å². The summed E-state index contributed by atoms with van der Waals surface area (Å²) in [4.78, 5) is 28.2. The molecule has 0 spiro atoms. The summed E-state index contributed by atoms with van der Waals surface area (Å²) in [6.45, 7) is 0.0951. The first-order valence-electron chi connectivity index (χ1n) is 8.71. The fourth-order valence-electron chi connectivity index (χ4n) is 3.25. The van der Waals surface area contributed by atoms with Crippen LogP contribution in [-0.2, 0) is 6.54 Å². The van der Waals surface area contributed by atoms with Gasteiger partial charge in [0.1, 0.15) is 17.8 Å². The highest BCUT2D eigenvalue weighted by Crippen LogP contribution is 2.24. The summed E-state index contributed by atoms with van der Waals surface area (Å²) in [5, 5.41) is 1.37. The van der Waals surface area contributed by atoms with Crippen LogP contribution in [0.15, 0.2) is 72.2 Å². The zero-order chi connectivity index (χ0) is 19.1. The number of benzene rings is 1. The summed E-state index contributed by atoms with van der Waals surface area (Å²) >= 11 is 0. The largest absolute Gasteiger partial charge is 0.346 e. The molecule has 7 heteroatoms. The highest BCUT2D eigenvalue weighted by molar-refractivity contribution is 5.81. The van der Waals surface area contributed by atoms with Crippen molar-refractivity contribution >= 4 is 22.1 Å². The van der Waals surface area contributed by atoms with Gasteiger partial charge in [0.25, 0.3) is 5.56 Å². The van der Waals surface area contributed by atoms with Crippen molar-refractivity contribution in [2.75, 3.05) is 0 Å². The van der Waals surface area contributed by atoms with Gasteiger partial charge < -0.3 is 4.98 Å². The quantitative estimate of drug-likeness (QED) is 0.526. The van der Waals surface area contributed by atoms with E-state index in [4.69, 9.17) is 0 Å². The fraction of sp³-hybridized carbons (Fsp3) is 0.0476. The van der Waals surface area contributed by atoms with Crippen LogP contribution in [0.1, 0.15) is 5.56 Å². The molecule has 4 aromatic heterocycles. The van der Waals surface area contributed by atoms with E-state index < -0.39 is 0 Å². The van der Waals surface area contributed by atoms with Crippen LogP contribution in [0.4, 0.5) is 4.39 Å². The summed E-state index contributed by atoms with van der Waals surface area (Å²) in [5.41, 5.74) is 2.89. The van der Waals surface area contributed by atoms with Gasteiger partial charge in [0, 0.05) is 35.1 Å². The zero-order valence-electron chi connectivity index (χ0n) is 14.6. The van der Waals surface area contributed by atoms with E-state index in [2.05, 4.69) is 19.9 Å². The smallest absolute Gasteiger partial charge is 0.263 e. The minimum Gasteiger partial charge on any atom is -0.346 e. The second kappa shape index (κ2) is 6.38. The SMILES string of the molecule is O=c1c2cccnc2ncn1Cc1ccc(-c2cnc3[nH]ccc3c2)cc1F. The third-order valence-electron chi connectivity index (χ3n) is 4.72. The van der Waals surface area contributed by atoms with Gasteiger partial charge in [-0.1, -0.05) is 12.1 Å². The molecule has 0 saturated heterocycles. The Morgan fingerprint density at radius 2 is 1.96 bits per heavy atom. The average Bonchev–Trinajstić information content (AvgIpc) is 3.19. The molecule has 4 heterocycles. The van der Waals surface area contributed by atoms with Gasteiger partial charge >= 0.3 is 0 Å². The maximum Gasteiger partial charge on any atom is 0.263 e. The number of fused-ring (bicyclic) bond motifs is 2. The lowest BCUT2D eigenvalue weighted by molar-refractivity contribution is 0.595. The van der Waals surface area contributed by atoms with E-state index in [1.807, 2.05) is 24.4 Å². The van der Waals surface area contributed by atoms with Gasteiger partial charge in [0.05, 0.1) is 11.9 Å². The summed E-state index contributed by atoms with van der Waals surface area (Å²) in [6, 6.07) is 12.2. The Morgan fingerprint density at radius 1 is 1.04 bits per heavy atom. The Balaban J connectivity index is 1.50. The van der Waals surface area contributed by atoms with Gasteiger partial charge in [-0.3, -0.25) is 9.36 Å². The molecular formula is C21H14FN5O. The monoisotopic (exact) mass is 371 g/mol. The number of nitrogens with zero attached hydrogens (tertiary/aromatic N) is 4. The van der Waals surface area contributed by atoms with Crippen LogP contribution in [0, 0.1) is 5.82 Å². The van der Waals surface area contributed by atoms with Crippen LogP contribution in [-0.4, -0.2) is 24.5 Å². The van der Waals surface area contributed by atoms with Crippen molar-refractivity contribution in [1.29, 1.82) is 0 Å². The summed E-state index contributed by atoms with van der Waals surface area (Å²) in [6.07, 6.45) is 6.50. The van der Waals surface area contributed by atoms with Gasteiger partial charge in [-0.2, -0.15) is 0 Å². The van der Waals surface area contributed by atoms with Crippen LogP contribution in [0.3, 0.4) is 0 Å². The van der Waals surface area contributed by atoms with Gasteiger partial charge in [-0.25, -0.2) is 19.3 Å². The number of pyridine rings is 2. The molecule has 0 radical (unpaired) electrons. The molecule has 5 rings (SSSR count). The Morgan fingerprint density at radius 3 is 2.86 bits per heavy atom. The molecule has 0 atom stereocenters. The number of aromatic nitrogens is 5. The van der Waals surface area contributed by atoms with E-state index in [0.29, 0.717) is 16.6 Å². The molecule has 136 valence electrons. The number of hydrogen-bond donors (Lipinski definition) is 1. The minimum atomic E-state index is -0.384. The van der Waals surface area contributed by atoms with Crippen molar-refractivity contribution in [3.05, 3.63) is 89.1 Å². The number of hydrogen-bond acceptors (Lipinski definition) is 4. The van der Waals surface area contributed by atoms with Crippen molar-refractivity contribution in [3.63, 3.8) is 0 Å². The van der Waals surface area contributed by atoms with E-state index in [-0.39, 0.29) is 17.9 Å². The Hall–Kier alpha value is -3.87. The third kappa shape index (κ3) is 2.73. The maximum absolute atomic E-state index is 14.7. The lowest BCUT2D eigenvalue weighted by Gasteiger charge is -2.09. The summed E-state index contributed by atoms with van der Waals surface area (Å²) in [7, 11) is 0. The molecule has 6 nitrogen and oxygen atoms in total. The van der Waals surface area contributed by atoms with Crippen molar-refractivity contribution in [1.82, 2.24) is 24.5 Å². The normalized spacial score (nSPS) is 11.3. The van der Waals surface area contributed by atoms with Crippen molar-refractivity contribution in [3.8, 4) is 11.1 Å². The van der Waals surface area contributed by atoms with Gasteiger partial charge in [-0.15, -0.1) is 0 Å². The highest BCUT2D eigenvalue weighted by Gasteiger charge is 2.10. The summed E-state index contributed by atoms with van der Waals surface area (Å²) in [5.74, 6) is -0.384. The van der Waals surface area contributed by atoms with Crippen molar-refractivity contribution < 1.29 is 4.39 Å². The minimum absolute atomic E-state index is 0.0951. The standard InChI is InChI=1S/C21H14FN5O/c22-18-9-13(16-8-14-5-7-24-19(14)25-10-16)3-4-15(18)11-27-12-26-20-17(21(27)28)2-1-6-23-20/h1-10,12H,11H2,(H,24,25). The van der Waals surface area contributed by atoms with Crippen LogP contribution in [0.5, 0.6) is 0 Å². The zero-order valence-corrected chi connectivity index (χ0v) is 14.6. The molecule has 1 aromatic carbocycles. The van der Waals surface area contributed by atoms with Crippen LogP contribution >= 0.6 is 0 Å². The Kier molecular flexibility index (Phi) is 3.72. The number of nitrogens with one attached hydrogen (secondary N) is 1. The fourth-order valence-corrected chi connectivity index (χ4v) is 3.25. The molecule has 0 fully saturated rings. The molecule has 5 aromatic rings. The van der Waals surface area contributed by atoms with E-state index in [9.17, 15) is 9.18 Å². The van der Waals surface area contributed by atoms with E-state index in [1.54, 1.807) is 30.6 Å². The van der Waals surface area contributed by atoms with E-state index in [1.165, 1.54) is 17.0 Å². The molecule has 0 aliphatic carbocycles. The second-order valence-corrected chi connectivity index (χ2v) is 6.50. The molecular weight excluding hydrogens is 357 g/mol. The Labute approximate surface area is 158 Å². The molecule has 0 saturated carbocycles. The van der Waals surface area contributed by atoms with Crippen molar-refractivity contribution in [2.24, 2.45) is 0 Å². The molecule has 0 unspecified atom stereocenters. The topological polar surface area (TPSA) is 76.5 Å². The van der Waals surface area contributed by atoms with Crippen LogP contribution < -0.4 is 5.56 Å². The predicted molar refractivity (Wildman–Crippen MR) is 104 cm³/mol. The molecule has 28 heavy (non-hydrogen) atoms. The van der Waals surface area contributed by atoms with Crippen LogP contribution in [0.2, 0.25) is 0 Å². The second-order valence-electron chi connectivity index (χ2n) is 6.50. The van der Waals surface area contributed by atoms with Crippen molar-refractivity contribution in [2.45, 2.75) is 6.54 Å². The molecule has 0 aliphatic rings. The van der Waals surface area contributed by atoms with E-state index in [0.717, 1.165) is 22.2 Å². The molecule has 0 bridgehead atoms. The lowest BCUT2D eigenvalue weighted by atomic mass is 10.0. The number of H-pyrrole nitrogens is 1. The first-order valence-corrected chi connectivity index (χ1v) is 8.71. The number of aromatic amines is 1. The third-order valence-corrected chi connectivity index (χ3v) is 4.72. The number of halogens is 1. The lowest BCUT2D eigenvalue weighted by Crippen LogP contribution is -2.21. The molecule has 1 N–H and O–H groups in total. The number of rotatable bonds is 3. The van der Waals surface area contributed by atoms with Gasteiger partial charge in [-0.05, 0) is 35.9 Å². The van der Waals surface area contributed by atoms with Crippen LogP contribution in [0.25, 0.3) is 33.2 Å². The molecule has 0 aliphatic heterocycles. The van der Waals surface area contributed by atoms with Gasteiger partial charge in [0.2, 0.25) is 0 Å². The highest BCUT2D eigenvalue weighted by atomic mass is 19.1. The Bertz CT molecular complexity index is 1390. The maximum atomic E-state index is 14.7. The average molecular weight is 371 g/mol. The first-order chi connectivity index (χ1) is 13.7. The predicted octanol–water partition coefficient (Wildman–Crippen LogP) is 3.52. The summed E-state index contributed by atoms with van der Waals surface area (Å²) < 4.78 is 16.1. The van der Waals surface area contributed by atoms with E-state index >= 15 is 0 Å². The first kappa shape index (κ1) is 16.3. The molecule has 0 amide bonds.